The minimum absolute atomic E-state index is 0.711. The van der Waals surface area contributed by atoms with E-state index < -0.39 is 0 Å². The molecule has 112 valence electrons. The molecule has 1 aromatic rings. The molecule has 1 aromatic carbocycles. The van der Waals surface area contributed by atoms with Crippen LogP contribution in [0.25, 0.3) is 0 Å². The number of benzene rings is 1. The zero-order valence-electron chi connectivity index (χ0n) is 12.3. The minimum Gasteiger partial charge on any atom is -0.493 e. The Morgan fingerprint density at radius 3 is 2.75 bits per heavy atom. The summed E-state index contributed by atoms with van der Waals surface area (Å²) in [4.78, 5) is 2.56. The van der Waals surface area contributed by atoms with E-state index in [4.69, 9.17) is 4.74 Å². The van der Waals surface area contributed by atoms with Crippen LogP contribution in [0.15, 0.2) is 22.7 Å². The molecule has 0 amide bonds. The number of rotatable bonds is 7. The second-order valence-electron chi connectivity index (χ2n) is 5.25. The van der Waals surface area contributed by atoms with Crippen LogP contribution < -0.4 is 10.1 Å². The van der Waals surface area contributed by atoms with Crippen LogP contribution in [0.3, 0.4) is 0 Å². The van der Waals surface area contributed by atoms with Crippen LogP contribution in [-0.4, -0.2) is 44.2 Å². The summed E-state index contributed by atoms with van der Waals surface area (Å²) in [6, 6.07) is 6.44. The monoisotopic (exact) mass is 340 g/mol. The van der Waals surface area contributed by atoms with E-state index in [1.165, 1.54) is 38.0 Å². The molecule has 2 rings (SSSR count). The molecule has 1 saturated heterocycles. The van der Waals surface area contributed by atoms with Crippen molar-refractivity contribution in [2.75, 3.05) is 39.3 Å². The molecule has 0 saturated carbocycles. The van der Waals surface area contributed by atoms with Crippen molar-refractivity contribution in [1.82, 2.24) is 10.2 Å². The van der Waals surface area contributed by atoms with Crippen molar-refractivity contribution in [3.8, 4) is 5.75 Å². The Balaban J connectivity index is 1.69. The fraction of sp³-hybridized carbons (Fsp3) is 0.625. The number of unbranched alkanes of at least 4 members (excludes halogenated alkanes) is 1. The first-order valence-corrected chi connectivity index (χ1v) is 8.43. The molecule has 3 nitrogen and oxygen atoms in total. The third-order valence-corrected chi connectivity index (χ3v) is 4.32. The molecule has 0 aromatic heterocycles. The molecule has 1 heterocycles. The average Bonchev–Trinajstić information content (AvgIpc) is 2.48. The van der Waals surface area contributed by atoms with Gasteiger partial charge in [0.15, 0.2) is 0 Å². The van der Waals surface area contributed by atoms with Crippen molar-refractivity contribution in [3.63, 3.8) is 0 Å². The molecular formula is C16H25BrN2O. The van der Waals surface area contributed by atoms with Gasteiger partial charge in [-0.05, 0) is 66.4 Å². The number of piperazine rings is 1. The smallest absolute Gasteiger partial charge is 0.133 e. The van der Waals surface area contributed by atoms with Gasteiger partial charge in [0.2, 0.25) is 0 Å². The van der Waals surface area contributed by atoms with Crippen LogP contribution in [0.5, 0.6) is 5.75 Å². The number of nitrogens with zero attached hydrogens (tertiary/aromatic N) is 1. The second kappa shape index (κ2) is 8.65. The maximum Gasteiger partial charge on any atom is 0.133 e. The molecule has 0 unspecified atom stereocenters. The normalized spacial score (nSPS) is 16.3. The minimum atomic E-state index is 0.711. The Hall–Kier alpha value is -0.580. The predicted molar refractivity (Wildman–Crippen MR) is 87.6 cm³/mol. The highest BCUT2D eigenvalue weighted by Gasteiger charge is 2.08. The van der Waals surface area contributed by atoms with Gasteiger partial charge in [-0.25, -0.2) is 0 Å². The van der Waals surface area contributed by atoms with Gasteiger partial charge < -0.3 is 15.0 Å². The highest BCUT2D eigenvalue weighted by atomic mass is 79.9. The van der Waals surface area contributed by atoms with Crippen LogP contribution in [0.4, 0.5) is 0 Å². The molecule has 0 bridgehead atoms. The van der Waals surface area contributed by atoms with E-state index in [-0.39, 0.29) is 0 Å². The molecule has 1 aliphatic heterocycles. The van der Waals surface area contributed by atoms with Crippen molar-refractivity contribution in [2.24, 2.45) is 0 Å². The van der Waals surface area contributed by atoms with Crippen LogP contribution >= 0.6 is 15.9 Å². The van der Waals surface area contributed by atoms with E-state index in [0.29, 0.717) is 6.61 Å². The van der Waals surface area contributed by atoms with Crippen molar-refractivity contribution in [1.29, 1.82) is 0 Å². The van der Waals surface area contributed by atoms with Gasteiger partial charge in [-0.3, -0.25) is 0 Å². The largest absolute Gasteiger partial charge is 0.493 e. The average molecular weight is 341 g/mol. The summed E-state index contributed by atoms with van der Waals surface area (Å²) in [5, 5.41) is 3.39. The Bertz CT molecular complexity index is 405. The molecule has 0 spiro atoms. The first kappa shape index (κ1) is 15.8. The van der Waals surface area contributed by atoms with Gasteiger partial charge >= 0.3 is 0 Å². The lowest BCUT2D eigenvalue weighted by molar-refractivity contribution is 0.237. The van der Waals surface area contributed by atoms with Gasteiger partial charge in [0.1, 0.15) is 5.75 Å². The van der Waals surface area contributed by atoms with E-state index in [0.717, 1.165) is 29.7 Å². The molecule has 0 aliphatic carbocycles. The third-order valence-electron chi connectivity index (χ3n) is 3.70. The molecule has 1 aliphatic rings. The Labute approximate surface area is 130 Å². The number of aryl methyl sites for hydroxylation is 1. The Kier molecular flexibility index (Phi) is 6.83. The second-order valence-corrected chi connectivity index (χ2v) is 6.10. The lowest BCUT2D eigenvalue weighted by Crippen LogP contribution is -2.43. The first-order chi connectivity index (χ1) is 9.79. The fourth-order valence-electron chi connectivity index (χ4n) is 2.57. The van der Waals surface area contributed by atoms with E-state index in [9.17, 15) is 0 Å². The molecule has 4 heteroatoms. The van der Waals surface area contributed by atoms with Crippen LogP contribution in [0.2, 0.25) is 0 Å². The predicted octanol–water partition coefficient (Wildman–Crippen LogP) is 3.08. The number of nitrogens with one attached hydrogen (secondary N) is 1. The van der Waals surface area contributed by atoms with Crippen LogP contribution in [-0.2, 0) is 6.42 Å². The maximum absolute atomic E-state index is 5.54. The van der Waals surface area contributed by atoms with E-state index in [1.807, 2.05) is 6.92 Å². The summed E-state index contributed by atoms with van der Waals surface area (Å²) in [6.45, 7) is 8.65. The van der Waals surface area contributed by atoms with Gasteiger partial charge in [0.05, 0.1) is 11.1 Å². The third kappa shape index (κ3) is 5.08. The highest BCUT2D eigenvalue weighted by molar-refractivity contribution is 9.10. The van der Waals surface area contributed by atoms with Crippen molar-refractivity contribution < 1.29 is 4.74 Å². The Morgan fingerprint density at radius 2 is 2.05 bits per heavy atom. The van der Waals surface area contributed by atoms with Gasteiger partial charge in [-0.2, -0.15) is 0 Å². The summed E-state index contributed by atoms with van der Waals surface area (Å²) in [5.41, 5.74) is 1.39. The lowest BCUT2D eigenvalue weighted by atomic mass is 10.1. The van der Waals surface area contributed by atoms with Gasteiger partial charge in [0.25, 0.3) is 0 Å². The number of halogens is 1. The van der Waals surface area contributed by atoms with Crippen LogP contribution in [0.1, 0.15) is 25.3 Å². The van der Waals surface area contributed by atoms with Gasteiger partial charge in [0, 0.05) is 26.2 Å². The standard InChI is InChI=1S/C16H25BrN2O/c1-2-20-16-7-6-14(13-15(16)17)5-3-4-10-19-11-8-18-9-12-19/h6-7,13,18H,2-5,8-12H2,1H3. The van der Waals surface area contributed by atoms with Crippen molar-refractivity contribution >= 4 is 15.9 Å². The quantitative estimate of drug-likeness (QED) is 0.772. The zero-order chi connectivity index (χ0) is 14.2. The van der Waals surface area contributed by atoms with E-state index in [2.05, 4.69) is 44.3 Å². The van der Waals surface area contributed by atoms with Gasteiger partial charge in [-0.15, -0.1) is 0 Å². The molecular weight excluding hydrogens is 316 g/mol. The SMILES string of the molecule is CCOc1ccc(CCCCN2CCNCC2)cc1Br. The first-order valence-electron chi connectivity index (χ1n) is 7.64. The molecule has 1 fully saturated rings. The molecule has 0 atom stereocenters. The Morgan fingerprint density at radius 1 is 1.25 bits per heavy atom. The molecule has 1 N–H and O–H groups in total. The van der Waals surface area contributed by atoms with E-state index in [1.54, 1.807) is 0 Å². The fourth-order valence-corrected chi connectivity index (χ4v) is 3.11. The summed E-state index contributed by atoms with van der Waals surface area (Å²) in [6.07, 6.45) is 3.69. The number of ether oxygens (including phenoxy) is 1. The zero-order valence-corrected chi connectivity index (χ0v) is 13.9. The van der Waals surface area contributed by atoms with E-state index >= 15 is 0 Å². The van der Waals surface area contributed by atoms with Crippen molar-refractivity contribution in [3.05, 3.63) is 28.2 Å². The lowest BCUT2D eigenvalue weighted by Gasteiger charge is -2.27. The summed E-state index contributed by atoms with van der Waals surface area (Å²) in [7, 11) is 0. The topological polar surface area (TPSA) is 24.5 Å². The molecule has 20 heavy (non-hydrogen) atoms. The maximum atomic E-state index is 5.54. The highest BCUT2D eigenvalue weighted by Crippen LogP contribution is 2.26. The summed E-state index contributed by atoms with van der Waals surface area (Å²) < 4.78 is 6.61. The molecule has 0 radical (unpaired) electrons. The number of hydrogen-bond acceptors (Lipinski definition) is 3. The number of hydrogen-bond donors (Lipinski definition) is 1. The summed E-state index contributed by atoms with van der Waals surface area (Å²) in [5.74, 6) is 0.942. The van der Waals surface area contributed by atoms with Crippen LogP contribution in [0, 0.1) is 0 Å². The van der Waals surface area contributed by atoms with Gasteiger partial charge in [-0.1, -0.05) is 6.07 Å². The van der Waals surface area contributed by atoms with Crippen molar-refractivity contribution in [2.45, 2.75) is 26.2 Å². The summed E-state index contributed by atoms with van der Waals surface area (Å²) >= 11 is 3.58.